The Morgan fingerprint density at radius 2 is 1.48 bits per heavy atom. The molecule has 5 nitrogen and oxygen atoms in total. The molecule has 3 aromatic rings. The van der Waals surface area contributed by atoms with Gasteiger partial charge in [-0.3, -0.25) is 9.59 Å². The third-order valence-electron chi connectivity index (χ3n) is 4.01. The summed E-state index contributed by atoms with van der Waals surface area (Å²) in [5.74, 6) is -0.315. The van der Waals surface area contributed by atoms with E-state index in [-0.39, 0.29) is 16.9 Å². The minimum atomic E-state index is -0.168. The molecular weight excluding hydrogens is 358 g/mol. The van der Waals surface area contributed by atoms with Gasteiger partial charge in [0.25, 0.3) is 5.91 Å². The number of thiocarbonyl (C=S) groups is 1. The molecule has 0 saturated carbocycles. The third kappa shape index (κ3) is 4.68. The summed E-state index contributed by atoms with van der Waals surface area (Å²) in [5.41, 5.74) is 2.01. The first-order valence-electron chi connectivity index (χ1n) is 8.57. The number of nitrogens with one attached hydrogen (secondary N) is 3. The lowest BCUT2D eigenvalue weighted by molar-refractivity contribution is -0.119. The molecule has 27 heavy (non-hydrogen) atoms. The summed E-state index contributed by atoms with van der Waals surface area (Å²) >= 11 is 5.08. The smallest absolute Gasteiger partial charge is 0.256 e. The lowest BCUT2D eigenvalue weighted by Crippen LogP contribution is -2.33. The molecular formula is C21H19N3O2S. The molecule has 0 aliphatic heterocycles. The molecule has 3 aromatic carbocycles. The molecule has 3 rings (SSSR count). The van der Waals surface area contributed by atoms with Gasteiger partial charge in [0.05, 0.1) is 0 Å². The second-order valence-electron chi connectivity index (χ2n) is 5.91. The molecule has 6 heteroatoms. The van der Waals surface area contributed by atoms with Crippen LogP contribution in [0.25, 0.3) is 10.8 Å². The number of hydrogen-bond acceptors (Lipinski definition) is 3. The lowest BCUT2D eigenvalue weighted by atomic mass is 10.0. The summed E-state index contributed by atoms with van der Waals surface area (Å²) in [4.78, 5) is 24.0. The monoisotopic (exact) mass is 377 g/mol. The summed E-state index contributed by atoms with van der Waals surface area (Å²) < 4.78 is 0. The van der Waals surface area contributed by atoms with E-state index >= 15 is 0 Å². The molecule has 0 aliphatic rings. The van der Waals surface area contributed by atoms with Crippen LogP contribution in [0, 0.1) is 0 Å². The summed E-state index contributed by atoms with van der Waals surface area (Å²) in [5, 5.41) is 10.6. The van der Waals surface area contributed by atoms with E-state index < -0.39 is 0 Å². The third-order valence-corrected chi connectivity index (χ3v) is 4.21. The molecule has 136 valence electrons. The Labute approximate surface area is 162 Å². The molecule has 0 atom stereocenters. The van der Waals surface area contributed by atoms with Gasteiger partial charge >= 0.3 is 0 Å². The first kappa shape index (κ1) is 18.5. The predicted octanol–water partition coefficient (Wildman–Crippen LogP) is 4.32. The Bertz CT molecular complexity index is 994. The van der Waals surface area contributed by atoms with Crippen molar-refractivity contribution in [3.63, 3.8) is 0 Å². The Balaban J connectivity index is 1.68. The average molecular weight is 377 g/mol. The van der Waals surface area contributed by atoms with Crippen LogP contribution in [0.5, 0.6) is 0 Å². The van der Waals surface area contributed by atoms with E-state index in [0.29, 0.717) is 17.7 Å². The van der Waals surface area contributed by atoms with E-state index in [9.17, 15) is 9.59 Å². The predicted molar refractivity (Wildman–Crippen MR) is 113 cm³/mol. The first-order chi connectivity index (χ1) is 13.1. The average Bonchev–Trinajstić information content (AvgIpc) is 2.68. The molecule has 0 spiro atoms. The highest BCUT2D eigenvalue weighted by Crippen LogP contribution is 2.20. The number of carbonyl (C=O) groups excluding carboxylic acids is 2. The van der Waals surface area contributed by atoms with Gasteiger partial charge in [-0.2, -0.15) is 0 Å². The zero-order chi connectivity index (χ0) is 19.2. The minimum absolute atomic E-state index is 0.147. The molecule has 0 radical (unpaired) electrons. The first-order valence-corrected chi connectivity index (χ1v) is 8.97. The fraction of sp³-hybridized carbons (Fsp3) is 0.0952. The molecule has 0 aliphatic carbocycles. The molecule has 0 heterocycles. The van der Waals surface area contributed by atoms with E-state index in [1.165, 1.54) is 0 Å². The van der Waals surface area contributed by atoms with E-state index in [0.717, 1.165) is 16.5 Å². The standard InChI is InChI=1S/C21H19N3O2S/c1-2-19(25)24-21(27)23-16-12-10-15(11-13-16)22-20(26)18-9-5-7-14-6-3-4-8-17(14)18/h3-13H,2H2,1H3,(H,22,26)(H2,23,24,25,27). The summed E-state index contributed by atoms with van der Waals surface area (Å²) in [7, 11) is 0. The number of carbonyl (C=O) groups is 2. The zero-order valence-electron chi connectivity index (χ0n) is 14.8. The van der Waals surface area contributed by atoms with Gasteiger partial charge in [0.1, 0.15) is 0 Å². The largest absolute Gasteiger partial charge is 0.332 e. The maximum Gasteiger partial charge on any atom is 0.256 e. The SMILES string of the molecule is CCC(=O)NC(=S)Nc1ccc(NC(=O)c2cccc3ccccc23)cc1. The van der Waals surface area contributed by atoms with Crippen molar-refractivity contribution in [3.05, 3.63) is 72.3 Å². The number of hydrogen-bond donors (Lipinski definition) is 3. The number of benzene rings is 3. The normalized spacial score (nSPS) is 10.3. The fourth-order valence-electron chi connectivity index (χ4n) is 2.64. The van der Waals surface area contributed by atoms with Crippen LogP contribution in [-0.2, 0) is 4.79 Å². The highest BCUT2D eigenvalue weighted by molar-refractivity contribution is 7.80. The van der Waals surface area contributed by atoms with Crippen molar-refractivity contribution in [1.29, 1.82) is 0 Å². The van der Waals surface area contributed by atoms with Crippen LogP contribution < -0.4 is 16.0 Å². The summed E-state index contributed by atoms with van der Waals surface area (Å²) in [6.45, 7) is 1.76. The summed E-state index contributed by atoms with van der Waals surface area (Å²) in [6.07, 6.45) is 0.362. The van der Waals surface area contributed by atoms with Gasteiger partial charge in [-0.1, -0.05) is 43.3 Å². The Morgan fingerprint density at radius 1 is 0.852 bits per heavy atom. The van der Waals surface area contributed by atoms with Crippen LogP contribution in [0.3, 0.4) is 0 Å². The quantitative estimate of drug-likeness (QED) is 0.593. The molecule has 2 amide bonds. The maximum atomic E-state index is 12.7. The molecule has 3 N–H and O–H groups in total. The second-order valence-corrected chi connectivity index (χ2v) is 6.32. The van der Waals surface area contributed by atoms with Crippen molar-refractivity contribution >= 4 is 51.3 Å². The van der Waals surface area contributed by atoms with Crippen LogP contribution in [0.15, 0.2) is 66.7 Å². The summed E-state index contributed by atoms with van der Waals surface area (Å²) in [6, 6.07) is 20.5. The van der Waals surface area contributed by atoms with Gasteiger partial charge < -0.3 is 16.0 Å². The van der Waals surface area contributed by atoms with Crippen LogP contribution in [0.4, 0.5) is 11.4 Å². The maximum absolute atomic E-state index is 12.7. The Morgan fingerprint density at radius 3 is 2.19 bits per heavy atom. The van der Waals surface area contributed by atoms with Gasteiger partial charge in [-0.15, -0.1) is 0 Å². The zero-order valence-corrected chi connectivity index (χ0v) is 15.6. The highest BCUT2D eigenvalue weighted by Gasteiger charge is 2.10. The fourth-order valence-corrected chi connectivity index (χ4v) is 2.87. The van der Waals surface area contributed by atoms with E-state index in [1.807, 2.05) is 42.5 Å². The van der Waals surface area contributed by atoms with E-state index in [4.69, 9.17) is 12.2 Å². The number of rotatable bonds is 4. The molecule has 0 fully saturated rings. The van der Waals surface area contributed by atoms with Crippen molar-refractivity contribution in [3.8, 4) is 0 Å². The molecule has 0 aromatic heterocycles. The van der Waals surface area contributed by atoms with Crippen molar-refractivity contribution in [2.75, 3.05) is 10.6 Å². The van der Waals surface area contributed by atoms with Gasteiger partial charge in [-0.05, 0) is 53.3 Å². The van der Waals surface area contributed by atoms with Crippen molar-refractivity contribution in [2.45, 2.75) is 13.3 Å². The van der Waals surface area contributed by atoms with E-state index in [1.54, 1.807) is 31.2 Å². The lowest BCUT2D eigenvalue weighted by Gasteiger charge is -2.11. The van der Waals surface area contributed by atoms with Gasteiger partial charge in [0.2, 0.25) is 5.91 Å². The van der Waals surface area contributed by atoms with Crippen molar-refractivity contribution in [2.24, 2.45) is 0 Å². The van der Waals surface area contributed by atoms with Crippen LogP contribution >= 0.6 is 12.2 Å². The van der Waals surface area contributed by atoms with Crippen molar-refractivity contribution in [1.82, 2.24) is 5.32 Å². The number of amides is 2. The van der Waals surface area contributed by atoms with Gasteiger partial charge in [0, 0.05) is 23.4 Å². The molecule has 0 unspecified atom stereocenters. The Kier molecular flexibility index (Phi) is 5.78. The van der Waals surface area contributed by atoms with Gasteiger partial charge in [0.15, 0.2) is 5.11 Å². The van der Waals surface area contributed by atoms with Gasteiger partial charge in [-0.25, -0.2) is 0 Å². The molecule has 0 bridgehead atoms. The van der Waals surface area contributed by atoms with Crippen LogP contribution in [-0.4, -0.2) is 16.9 Å². The van der Waals surface area contributed by atoms with Crippen molar-refractivity contribution < 1.29 is 9.59 Å². The van der Waals surface area contributed by atoms with E-state index in [2.05, 4.69) is 16.0 Å². The van der Waals surface area contributed by atoms with Crippen LogP contribution in [0.2, 0.25) is 0 Å². The Hall–Kier alpha value is -3.25. The molecule has 0 saturated heterocycles. The number of anilines is 2. The van der Waals surface area contributed by atoms with Crippen LogP contribution in [0.1, 0.15) is 23.7 Å². The topological polar surface area (TPSA) is 70.2 Å². The second kappa shape index (κ2) is 8.42. The minimum Gasteiger partial charge on any atom is -0.332 e. The highest BCUT2D eigenvalue weighted by atomic mass is 32.1. The number of fused-ring (bicyclic) bond motifs is 1.